The molecule has 0 aliphatic rings. The smallest absolute Gasteiger partial charge is 0.0465 e. The van der Waals surface area contributed by atoms with Crippen molar-refractivity contribution < 1.29 is 9.84 Å². The molecule has 0 bridgehead atoms. The lowest BCUT2D eigenvalue weighted by atomic mass is 9.97. The van der Waals surface area contributed by atoms with Gasteiger partial charge in [0.25, 0.3) is 0 Å². The molecule has 0 aromatic rings. The van der Waals surface area contributed by atoms with Gasteiger partial charge in [-0.3, -0.25) is 0 Å². The summed E-state index contributed by atoms with van der Waals surface area (Å²) in [5.74, 6) is 1.27. The van der Waals surface area contributed by atoms with Crippen LogP contribution in [0.25, 0.3) is 0 Å². The van der Waals surface area contributed by atoms with Crippen LogP contribution in [0.1, 0.15) is 52.4 Å². The minimum absolute atomic E-state index is 0.313. The summed E-state index contributed by atoms with van der Waals surface area (Å²) < 4.78 is 5.02. The fraction of sp³-hybridized carbons (Fsp3) is 1.00. The summed E-state index contributed by atoms with van der Waals surface area (Å²) in [4.78, 5) is 0. The number of ether oxygens (including phenoxy) is 1. The summed E-state index contributed by atoms with van der Waals surface area (Å²) in [5.41, 5.74) is 0. The third kappa shape index (κ3) is 10.2. The predicted molar refractivity (Wildman–Crippen MR) is 65.0 cm³/mol. The van der Waals surface area contributed by atoms with E-state index in [0.29, 0.717) is 12.5 Å². The van der Waals surface area contributed by atoms with Gasteiger partial charge >= 0.3 is 0 Å². The number of methoxy groups -OCH3 is 1. The maximum absolute atomic E-state index is 9.14. The van der Waals surface area contributed by atoms with Gasteiger partial charge in [0.2, 0.25) is 0 Å². The summed E-state index contributed by atoms with van der Waals surface area (Å²) in [6.07, 6.45) is 7.38. The van der Waals surface area contributed by atoms with Gasteiger partial charge < -0.3 is 9.84 Å². The van der Waals surface area contributed by atoms with E-state index in [1.165, 1.54) is 25.7 Å². The van der Waals surface area contributed by atoms with Crippen LogP contribution in [0.3, 0.4) is 0 Å². The van der Waals surface area contributed by atoms with E-state index in [1.54, 1.807) is 7.11 Å². The molecule has 0 amide bonds. The number of unbranched alkanes of at least 4 members (excludes halogenated alkanes) is 2. The summed E-state index contributed by atoms with van der Waals surface area (Å²) in [6.45, 7) is 5.63. The van der Waals surface area contributed by atoms with E-state index in [-0.39, 0.29) is 0 Å². The van der Waals surface area contributed by atoms with Gasteiger partial charge in [-0.25, -0.2) is 0 Å². The Morgan fingerprint density at radius 3 is 2.20 bits per heavy atom. The molecule has 0 radical (unpaired) electrons. The van der Waals surface area contributed by atoms with Crippen molar-refractivity contribution in [3.05, 3.63) is 0 Å². The van der Waals surface area contributed by atoms with Crippen molar-refractivity contribution in [1.29, 1.82) is 0 Å². The van der Waals surface area contributed by atoms with E-state index in [0.717, 1.165) is 25.4 Å². The molecule has 1 atom stereocenters. The maximum Gasteiger partial charge on any atom is 0.0465 e. The first-order chi connectivity index (χ1) is 7.20. The Hall–Kier alpha value is -0.0800. The van der Waals surface area contributed by atoms with Crippen LogP contribution in [0, 0.1) is 11.8 Å². The fourth-order valence-electron chi connectivity index (χ4n) is 1.77. The van der Waals surface area contributed by atoms with Crippen molar-refractivity contribution >= 4 is 0 Å². The van der Waals surface area contributed by atoms with E-state index >= 15 is 0 Å². The van der Waals surface area contributed by atoms with Crippen LogP contribution in [0.5, 0.6) is 0 Å². The monoisotopic (exact) mass is 216 g/mol. The van der Waals surface area contributed by atoms with E-state index in [9.17, 15) is 0 Å². The van der Waals surface area contributed by atoms with Crippen LogP contribution in [-0.4, -0.2) is 25.4 Å². The molecule has 2 heteroatoms. The van der Waals surface area contributed by atoms with Gasteiger partial charge in [-0.2, -0.15) is 0 Å². The summed E-state index contributed by atoms with van der Waals surface area (Å²) in [5, 5.41) is 9.14. The van der Waals surface area contributed by atoms with E-state index in [2.05, 4.69) is 13.8 Å². The Morgan fingerprint density at radius 2 is 1.67 bits per heavy atom. The second kappa shape index (κ2) is 10.4. The van der Waals surface area contributed by atoms with Crippen LogP contribution in [0.15, 0.2) is 0 Å². The lowest BCUT2D eigenvalue weighted by Gasteiger charge is -2.13. The SMILES string of the molecule is COCC[C@@H](CO)CCCCCC(C)C. The molecular formula is C13H28O2. The van der Waals surface area contributed by atoms with Crippen LogP contribution < -0.4 is 0 Å². The van der Waals surface area contributed by atoms with Crippen LogP contribution in [0.4, 0.5) is 0 Å². The normalized spacial score (nSPS) is 13.4. The first-order valence-electron chi connectivity index (χ1n) is 6.30. The molecular weight excluding hydrogens is 188 g/mol. The van der Waals surface area contributed by atoms with Gasteiger partial charge in [0.05, 0.1) is 0 Å². The number of aliphatic hydroxyl groups is 1. The molecule has 0 spiro atoms. The highest BCUT2D eigenvalue weighted by molar-refractivity contribution is 4.58. The highest BCUT2D eigenvalue weighted by atomic mass is 16.5. The Balaban J connectivity index is 3.30. The molecule has 0 aromatic carbocycles. The minimum Gasteiger partial charge on any atom is -0.396 e. The molecule has 0 aliphatic carbocycles. The second-order valence-electron chi connectivity index (χ2n) is 4.86. The summed E-state index contributed by atoms with van der Waals surface area (Å²) in [6, 6.07) is 0. The van der Waals surface area contributed by atoms with Crippen LogP contribution in [0.2, 0.25) is 0 Å². The first kappa shape index (κ1) is 14.9. The molecule has 0 fully saturated rings. The average molecular weight is 216 g/mol. The Kier molecular flexibility index (Phi) is 10.4. The molecule has 0 saturated carbocycles. The van der Waals surface area contributed by atoms with Gasteiger partial charge in [0.1, 0.15) is 0 Å². The van der Waals surface area contributed by atoms with Crippen molar-refractivity contribution in [1.82, 2.24) is 0 Å². The molecule has 2 nitrogen and oxygen atoms in total. The fourth-order valence-corrected chi connectivity index (χ4v) is 1.77. The first-order valence-corrected chi connectivity index (χ1v) is 6.30. The molecule has 0 saturated heterocycles. The molecule has 0 heterocycles. The maximum atomic E-state index is 9.14. The minimum atomic E-state index is 0.313. The molecule has 0 aromatic heterocycles. The molecule has 0 unspecified atom stereocenters. The molecule has 92 valence electrons. The largest absolute Gasteiger partial charge is 0.396 e. The molecule has 15 heavy (non-hydrogen) atoms. The predicted octanol–water partition coefficient (Wildman–Crippen LogP) is 3.24. The zero-order chi connectivity index (χ0) is 11.5. The quantitative estimate of drug-likeness (QED) is 0.568. The molecule has 1 N–H and O–H groups in total. The van der Waals surface area contributed by atoms with Gasteiger partial charge in [-0.05, 0) is 24.7 Å². The summed E-state index contributed by atoms with van der Waals surface area (Å²) >= 11 is 0. The lowest BCUT2D eigenvalue weighted by molar-refractivity contribution is 0.142. The Morgan fingerprint density at radius 1 is 1.00 bits per heavy atom. The van der Waals surface area contributed by atoms with Crippen molar-refractivity contribution in [2.75, 3.05) is 20.3 Å². The Bertz CT molecular complexity index is 124. The van der Waals surface area contributed by atoms with E-state index in [1.807, 2.05) is 0 Å². The number of rotatable bonds is 10. The van der Waals surface area contributed by atoms with Crippen molar-refractivity contribution in [3.8, 4) is 0 Å². The van der Waals surface area contributed by atoms with Gasteiger partial charge in [0.15, 0.2) is 0 Å². The van der Waals surface area contributed by atoms with E-state index < -0.39 is 0 Å². The molecule has 0 aliphatic heterocycles. The number of aliphatic hydroxyl groups excluding tert-OH is 1. The number of hydrogen-bond acceptors (Lipinski definition) is 2. The van der Waals surface area contributed by atoms with Crippen molar-refractivity contribution in [2.24, 2.45) is 11.8 Å². The standard InChI is InChI=1S/C13H28O2/c1-12(2)7-5-4-6-8-13(11-14)9-10-15-3/h12-14H,4-11H2,1-3H3/t13-/m0/s1. The summed E-state index contributed by atoms with van der Waals surface area (Å²) in [7, 11) is 1.72. The van der Waals surface area contributed by atoms with Crippen LogP contribution in [-0.2, 0) is 4.74 Å². The third-order valence-electron chi connectivity index (χ3n) is 2.88. The van der Waals surface area contributed by atoms with Gasteiger partial charge in [-0.15, -0.1) is 0 Å². The van der Waals surface area contributed by atoms with Crippen molar-refractivity contribution in [2.45, 2.75) is 52.4 Å². The van der Waals surface area contributed by atoms with Crippen LogP contribution >= 0.6 is 0 Å². The highest BCUT2D eigenvalue weighted by Crippen LogP contribution is 2.15. The highest BCUT2D eigenvalue weighted by Gasteiger charge is 2.06. The topological polar surface area (TPSA) is 29.5 Å². The second-order valence-corrected chi connectivity index (χ2v) is 4.86. The van der Waals surface area contributed by atoms with Gasteiger partial charge in [0, 0.05) is 20.3 Å². The van der Waals surface area contributed by atoms with Crippen molar-refractivity contribution in [3.63, 3.8) is 0 Å². The zero-order valence-corrected chi connectivity index (χ0v) is 10.7. The zero-order valence-electron chi connectivity index (χ0n) is 10.7. The lowest BCUT2D eigenvalue weighted by Crippen LogP contribution is -2.09. The van der Waals surface area contributed by atoms with Gasteiger partial charge in [-0.1, -0.05) is 39.5 Å². The Labute approximate surface area is 95.0 Å². The average Bonchev–Trinajstić information content (AvgIpc) is 2.21. The molecule has 0 rings (SSSR count). The van der Waals surface area contributed by atoms with E-state index in [4.69, 9.17) is 9.84 Å². The number of hydrogen-bond donors (Lipinski definition) is 1. The third-order valence-corrected chi connectivity index (χ3v) is 2.88.